The molecule has 3 aromatic rings. The van der Waals surface area contributed by atoms with Crippen LogP contribution in [0.1, 0.15) is 28.7 Å². The van der Waals surface area contributed by atoms with Crippen molar-refractivity contribution >= 4 is 34.5 Å². The molecule has 0 unspecified atom stereocenters. The lowest BCUT2D eigenvalue weighted by atomic mass is 10.0. The molecule has 0 bridgehead atoms. The minimum absolute atomic E-state index is 0.0390. The number of amides is 1. The Balaban J connectivity index is 1.14. The van der Waals surface area contributed by atoms with Crippen molar-refractivity contribution < 1.29 is 9.53 Å². The third-order valence-electron chi connectivity index (χ3n) is 7.44. The van der Waals surface area contributed by atoms with Crippen LogP contribution in [0.5, 0.6) is 5.88 Å². The second kappa shape index (κ2) is 9.89. The van der Waals surface area contributed by atoms with Gasteiger partial charge in [-0.2, -0.15) is 0 Å². The van der Waals surface area contributed by atoms with Crippen molar-refractivity contribution in [1.29, 1.82) is 0 Å². The van der Waals surface area contributed by atoms with Crippen molar-refractivity contribution in [1.82, 2.24) is 14.9 Å². The Morgan fingerprint density at radius 1 is 1.11 bits per heavy atom. The van der Waals surface area contributed by atoms with Gasteiger partial charge in [-0.1, -0.05) is 0 Å². The third-order valence-corrected chi connectivity index (χ3v) is 7.44. The van der Waals surface area contributed by atoms with Gasteiger partial charge in [0, 0.05) is 42.8 Å². The van der Waals surface area contributed by atoms with E-state index < -0.39 is 0 Å². The maximum Gasteiger partial charge on any atom is 0.238 e. The molecule has 3 aliphatic heterocycles. The molecule has 3 aliphatic rings. The second-order valence-electron chi connectivity index (χ2n) is 10.1. The van der Waals surface area contributed by atoms with Crippen LogP contribution in [0.2, 0.25) is 0 Å². The number of benzene rings is 1. The summed E-state index contributed by atoms with van der Waals surface area (Å²) in [6.07, 6.45) is 6.03. The van der Waals surface area contributed by atoms with E-state index in [1.165, 1.54) is 23.1 Å². The Labute approximate surface area is 217 Å². The largest absolute Gasteiger partial charge is 0.474 e. The number of ether oxygens (including phenoxy) is 1. The van der Waals surface area contributed by atoms with Crippen molar-refractivity contribution in [3.63, 3.8) is 0 Å². The smallest absolute Gasteiger partial charge is 0.238 e. The van der Waals surface area contributed by atoms with Gasteiger partial charge in [0.15, 0.2) is 0 Å². The van der Waals surface area contributed by atoms with E-state index in [0.29, 0.717) is 19.0 Å². The van der Waals surface area contributed by atoms with Gasteiger partial charge in [0.2, 0.25) is 11.8 Å². The molecule has 192 valence electrons. The number of likely N-dealkylation sites (tertiary alicyclic amines) is 1. The average molecular weight is 500 g/mol. The zero-order valence-corrected chi connectivity index (χ0v) is 21.4. The fourth-order valence-electron chi connectivity index (χ4n) is 5.20. The van der Waals surface area contributed by atoms with E-state index in [0.717, 1.165) is 73.3 Å². The molecule has 1 aromatic carbocycles. The van der Waals surface area contributed by atoms with Crippen LogP contribution in [0, 0.1) is 13.8 Å². The van der Waals surface area contributed by atoms with Gasteiger partial charge in [0.1, 0.15) is 18.1 Å². The highest BCUT2D eigenvalue weighted by Crippen LogP contribution is 2.36. The van der Waals surface area contributed by atoms with Crippen LogP contribution in [0.3, 0.4) is 0 Å². The molecule has 0 spiro atoms. The van der Waals surface area contributed by atoms with Crippen LogP contribution in [0.25, 0.3) is 0 Å². The number of rotatable bonds is 6. The maximum atomic E-state index is 12.3. The lowest BCUT2D eigenvalue weighted by molar-refractivity contribution is -0.118. The van der Waals surface area contributed by atoms with Crippen LogP contribution >= 0.6 is 0 Å². The number of anilines is 5. The summed E-state index contributed by atoms with van der Waals surface area (Å²) in [7, 11) is 0. The summed E-state index contributed by atoms with van der Waals surface area (Å²) in [6, 6.07) is 8.12. The van der Waals surface area contributed by atoms with Crippen molar-refractivity contribution in [2.24, 2.45) is 0 Å². The average Bonchev–Trinajstić information content (AvgIpc) is 2.88. The van der Waals surface area contributed by atoms with E-state index in [1.807, 2.05) is 37.5 Å². The molecular weight excluding hydrogens is 466 g/mol. The van der Waals surface area contributed by atoms with Crippen molar-refractivity contribution in [3.05, 3.63) is 58.9 Å². The third kappa shape index (κ3) is 4.91. The summed E-state index contributed by atoms with van der Waals surface area (Å²) in [5.74, 6) is 1.54. The van der Waals surface area contributed by atoms with Gasteiger partial charge < -0.3 is 25.6 Å². The number of nitrogens with zero attached hydrogens (tertiary/aromatic N) is 4. The first-order chi connectivity index (χ1) is 18.0. The highest BCUT2D eigenvalue weighted by atomic mass is 16.5. The molecule has 9 nitrogen and oxygen atoms in total. The number of aromatic nitrogens is 2. The zero-order chi connectivity index (χ0) is 25.4. The molecule has 3 N–H and O–H groups in total. The zero-order valence-electron chi connectivity index (χ0n) is 21.4. The molecule has 0 atom stereocenters. The number of aryl methyl sites for hydroxylation is 1. The van der Waals surface area contributed by atoms with Crippen LogP contribution in [0.15, 0.2) is 36.7 Å². The predicted molar refractivity (Wildman–Crippen MR) is 146 cm³/mol. The summed E-state index contributed by atoms with van der Waals surface area (Å²) in [5.41, 5.74) is 8.66. The van der Waals surface area contributed by atoms with Gasteiger partial charge >= 0.3 is 0 Å². The summed E-state index contributed by atoms with van der Waals surface area (Å²) in [5, 5.41) is 9.92. The highest BCUT2D eigenvalue weighted by Gasteiger charge is 2.23. The summed E-state index contributed by atoms with van der Waals surface area (Å²) >= 11 is 0. The lowest BCUT2D eigenvalue weighted by Gasteiger charge is -2.33. The molecule has 2 aromatic heterocycles. The van der Waals surface area contributed by atoms with E-state index >= 15 is 0 Å². The minimum atomic E-state index is 0.0390. The fraction of sp³-hybridized carbons (Fsp3) is 0.393. The Morgan fingerprint density at radius 2 is 2.00 bits per heavy atom. The molecule has 0 radical (unpaired) electrons. The molecule has 0 saturated carbocycles. The van der Waals surface area contributed by atoms with Crippen molar-refractivity contribution in [2.75, 3.05) is 60.2 Å². The molecule has 6 rings (SSSR count). The Bertz CT molecular complexity index is 1340. The molecule has 1 fully saturated rings. The quantitative estimate of drug-likeness (QED) is 0.471. The number of carbonyl (C=O) groups excluding carboxylic acids is 1. The molecule has 9 heteroatoms. The lowest BCUT2D eigenvalue weighted by Crippen LogP contribution is -2.42. The predicted octanol–water partition coefficient (Wildman–Crippen LogP) is 3.85. The van der Waals surface area contributed by atoms with E-state index in [4.69, 9.17) is 4.74 Å². The number of hydrogen-bond acceptors (Lipinski definition) is 8. The van der Waals surface area contributed by atoms with Crippen LogP contribution in [-0.4, -0.2) is 60.1 Å². The fourth-order valence-corrected chi connectivity index (χ4v) is 5.20. The number of carbonyl (C=O) groups is 1. The SMILES string of the molecule is Cc1cc(Nc2cc3c(cn2)CCN(c2cnc4c(c2C)NCCO4)C3)ccc1NC(=O)CN1CCC1. The molecule has 0 aliphatic carbocycles. The van der Waals surface area contributed by atoms with Gasteiger partial charge in [-0.05, 0) is 80.7 Å². The Kier molecular flexibility index (Phi) is 6.30. The van der Waals surface area contributed by atoms with Gasteiger partial charge in [-0.15, -0.1) is 0 Å². The number of hydrogen-bond donors (Lipinski definition) is 3. The first kappa shape index (κ1) is 23.5. The summed E-state index contributed by atoms with van der Waals surface area (Å²) < 4.78 is 5.70. The number of fused-ring (bicyclic) bond motifs is 2. The maximum absolute atomic E-state index is 12.3. The Hall–Kier alpha value is -3.85. The summed E-state index contributed by atoms with van der Waals surface area (Å²) in [6.45, 7) is 9.80. The summed E-state index contributed by atoms with van der Waals surface area (Å²) in [4.78, 5) is 26.1. The highest BCUT2D eigenvalue weighted by molar-refractivity contribution is 5.93. The van der Waals surface area contributed by atoms with E-state index in [2.05, 4.69) is 48.7 Å². The number of pyridine rings is 2. The van der Waals surface area contributed by atoms with Crippen molar-refractivity contribution in [3.8, 4) is 5.88 Å². The van der Waals surface area contributed by atoms with Gasteiger partial charge in [0.05, 0.1) is 18.4 Å². The van der Waals surface area contributed by atoms with Crippen LogP contribution in [0.4, 0.5) is 28.6 Å². The van der Waals surface area contributed by atoms with Crippen LogP contribution in [-0.2, 0) is 17.8 Å². The van der Waals surface area contributed by atoms with E-state index in [1.54, 1.807) is 0 Å². The van der Waals surface area contributed by atoms with Gasteiger partial charge in [0.25, 0.3) is 0 Å². The first-order valence-corrected chi connectivity index (χ1v) is 13.0. The molecule has 37 heavy (non-hydrogen) atoms. The monoisotopic (exact) mass is 499 g/mol. The second-order valence-corrected chi connectivity index (χ2v) is 10.1. The van der Waals surface area contributed by atoms with Gasteiger partial charge in [-0.3, -0.25) is 9.69 Å². The van der Waals surface area contributed by atoms with E-state index in [9.17, 15) is 4.79 Å². The Morgan fingerprint density at radius 3 is 2.81 bits per heavy atom. The van der Waals surface area contributed by atoms with E-state index in [-0.39, 0.29) is 5.91 Å². The van der Waals surface area contributed by atoms with Gasteiger partial charge in [-0.25, -0.2) is 9.97 Å². The standard InChI is InChI=1S/C28H33N7O2/c1-18-12-22(4-5-23(18)33-26(36)17-34-8-3-9-34)32-25-13-21-16-35(10-6-20(21)14-30-25)24-15-31-28-27(19(24)2)29-7-11-37-28/h4-5,12-15,29H,3,6-11,16-17H2,1-2H3,(H,30,32)(H,33,36). The minimum Gasteiger partial charge on any atom is -0.474 e. The number of nitrogens with one attached hydrogen (secondary N) is 3. The topological polar surface area (TPSA) is 94.6 Å². The van der Waals surface area contributed by atoms with Crippen LogP contribution < -0.4 is 25.6 Å². The van der Waals surface area contributed by atoms with Crippen molar-refractivity contribution in [2.45, 2.75) is 33.2 Å². The molecule has 5 heterocycles. The molecule has 1 amide bonds. The molecular formula is C28H33N7O2. The first-order valence-electron chi connectivity index (χ1n) is 13.0. The molecule has 1 saturated heterocycles. The normalized spacial score (nSPS) is 16.5.